The third-order valence-corrected chi connectivity index (χ3v) is 5.20. The zero-order chi connectivity index (χ0) is 17.8. The number of nitrogens with zero attached hydrogens (tertiary/aromatic N) is 2. The minimum Gasteiger partial charge on any atom is -0.350 e. The first-order valence-electron chi connectivity index (χ1n) is 7.78. The summed E-state index contributed by atoms with van der Waals surface area (Å²) in [5.74, 6) is 0.711. The van der Waals surface area contributed by atoms with E-state index in [1.807, 2.05) is 53.3 Å². The van der Waals surface area contributed by atoms with Gasteiger partial charge in [-0.1, -0.05) is 29.8 Å². The Balaban J connectivity index is 1.63. The summed E-state index contributed by atoms with van der Waals surface area (Å²) >= 11 is 12.9. The number of aromatic nitrogens is 3. The Labute approximate surface area is 159 Å². The zero-order valence-electron chi connectivity index (χ0n) is 13.5. The van der Waals surface area contributed by atoms with E-state index < -0.39 is 0 Å². The maximum absolute atomic E-state index is 12.3. The van der Waals surface area contributed by atoms with E-state index >= 15 is 0 Å². The van der Waals surface area contributed by atoms with E-state index in [9.17, 15) is 4.79 Å². The number of benzene rings is 1. The van der Waals surface area contributed by atoms with Gasteiger partial charge in [0.2, 0.25) is 5.91 Å². The fraction of sp³-hybridized carbons (Fsp3) is 0.235. The van der Waals surface area contributed by atoms with Crippen molar-refractivity contribution in [1.29, 1.82) is 0 Å². The number of thiophene rings is 1. The van der Waals surface area contributed by atoms with E-state index in [1.54, 1.807) is 11.3 Å². The van der Waals surface area contributed by atoms with Crippen LogP contribution in [-0.4, -0.2) is 20.7 Å². The van der Waals surface area contributed by atoms with Crippen molar-refractivity contribution in [2.75, 3.05) is 0 Å². The predicted molar refractivity (Wildman–Crippen MR) is 103 cm³/mol. The second-order valence-corrected chi connectivity index (χ2v) is 7.35. The number of nitrogens with one attached hydrogen (secondary N) is 2. The molecule has 1 atom stereocenters. The number of rotatable bonds is 6. The van der Waals surface area contributed by atoms with Crippen LogP contribution >= 0.6 is 35.2 Å². The minimum absolute atomic E-state index is 0.0484. The van der Waals surface area contributed by atoms with Gasteiger partial charge in [0.15, 0.2) is 10.6 Å². The first-order valence-corrected chi connectivity index (χ1v) is 9.45. The maximum atomic E-state index is 12.3. The van der Waals surface area contributed by atoms with Crippen molar-refractivity contribution >= 4 is 41.1 Å². The summed E-state index contributed by atoms with van der Waals surface area (Å²) in [7, 11) is 0. The molecule has 130 valence electrons. The van der Waals surface area contributed by atoms with Gasteiger partial charge in [-0.2, -0.15) is 5.10 Å². The fourth-order valence-electron chi connectivity index (χ4n) is 2.51. The maximum Gasteiger partial charge on any atom is 0.222 e. The van der Waals surface area contributed by atoms with Crippen LogP contribution in [0.2, 0.25) is 5.02 Å². The molecule has 0 aliphatic rings. The molecule has 0 saturated heterocycles. The molecule has 0 aliphatic carbocycles. The number of hydrogen-bond donors (Lipinski definition) is 2. The molecule has 0 fully saturated rings. The minimum atomic E-state index is -0.111. The number of halogens is 1. The number of carbonyl (C=O) groups excluding carboxylic acids is 1. The molecule has 1 amide bonds. The molecule has 2 heterocycles. The lowest BCUT2D eigenvalue weighted by Crippen LogP contribution is -2.27. The molecule has 0 spiro atoms. The quantitative estimate of drug-likeness (QED) is 0.603. The Kier molecular flexibility index (Phi) is 5.67. The standard InChI is InChI=1S/C17H17ClN4OS2/c1-11(12-4-2-5-13(18)10-12)19-15(23)7-8-22-16(20-21-17(22)24)14-6-3-9-25-14/h2-6,9-11H,7-8H2,1H3,(H,19,23)(H,21,24). The lowest BCUT2D eigenvalue weighted by Gasteiger charge is -2.15. The van der Waals surface area contributed by atoms with Gasteiger partial charge in [0.05, 0.1) is 10.9 Å². The van der Waals surface area contributed by atoms with Crippen LogP contribution < -0.4 is 5.32 Å². The van der Waals surface area contributed by atoms with Gasteiger partial charge in [0.1, 0.15) is 0 Å². The van der Waals surface area contributed by atoms with Crippen LogP contribution in [0, 0.1) is 4.77 Å². The number of aromatic amines is 1. The Morgan fingerprint density at radius 2 is 2.28 bits per heavy atom. The molecule has 2 N–H and O–H groups in total. The summed E-state index contributed by atoms with van der Waals surface area (Å²) in [5, 5.41) is 12.7. The van der Waals surface area contributed by atoms with Gasteiger partial charge in [-0.25, -0.2) is 0 Å². The Hall–Kier alpha value is -1.96. The van der Waals surface area contributed by atoms with Crippen molar-refractivity contribution in [2.45, 2.75) is 25.9 Å². The van der Waals surface area contributed by atoms with Crippen molar-refractivity contribution in [3.05, 3.63) is 57.1 Å². The molecule has 0 saturated carbocycles. The highest BCUT2D eigenvalue weighted by atomic mass is 35.5. The monoisotopic (exact) mass is 392 g/mol. The van der Waals surface area contributed by atoms with E-state index in [2.05, 4.69) is 15.5 Å². The van der Waals surface area contributed by atoms with Crippen LogP contribution in [0.5, 0.6) is 0 Å². The molecule has 1 aromatic carbocycles. The van der Waals surface area contributed by atoms with Gasteiger partial charge < -0.3 is 5.32 Å². The second-order valence-electron chi connectivity index (χ2n) is 5.58. The summed E-state index contributed by atoms with van der Waals surface area (Å²) in [5.41, 5.74) is 0.972. The molecule has 0 radical (unpaired) electrons. The van der Waals surface area contributed by atoms with E-state index in [0.717, 1.165) is 16.3 Å². The Bertz CT molecular complexity index is 917. The van der Waals surface area contributed by atoms with Gasteiger partial charge in [0.25, 0.3) is 0 Å². The highest BCUT2D eigenvalue weighted by Gasteiger charge is 2.13. The van der Waals surface area contributed by atoms with Crippen molar-refractivity contribution in [3.8, 4) is 10.7 Å². The molecule has 8 heteroatoms. The van der Waals surface area contributed by atoms with Gasteiger partial charge in [-0.15, -0.1) is 11.3 Å². The Morgan fingerprint density at radius 1 is 1.44 bits per heavy atom. The normalized spacial score (nSPS) is 12.1. The first kappa shape index (κ1) is 17.8. The van der Waals surface area contributed by atoms with E-state index in [1.165, 1.54) is 0 Å². The van der Waals surface area contributed by atoms with Crippen LogP contribution in [0.1, 0.15) is 24.9 Å². The summed E-state index contributed by atoms with van der Waals surface area (Å²) in [6, 6.07) is 11.3. The topological polar surface area (TPSA) is 62.7 Å². The zero-order valence-corrected chi connectivity index (χ0v) is 15.9. The number of H-pyrrole nitrogens is 1. The van der Waals surface area contributed by atoms with Gasteiger partial charge in [0, 0.05) is 18.0 Å². The third kappa shape index (κ3) is 4.36. The van der Waals surface area contributed by atoms with Crippen molar-refractivity contribution in [1.82, 2.24) is 20.1 Å². The molecular weight excluding hydrogens is 376 g/mol. The van der Waals surface area contributed by atoms with Crippen LogP contribution in [0.25, 0.3) is 10.7 Å². The molecule has 25 heavy (non-hydrogen) atoms. The number of amides is 1. The van der Waals surface area contributed by atoms with Crippen molar-refractivity contribution in [3.63, 3.8) is 0 Å². The van der Waals surface area contributed by atoms with Gasteiger partial charge in [-0.05, 0) is 48.3 Å². The van der Waals surface area contributed by atoms with Gasteiger partial charge >= 0.3 is 0 Å². The molecule has 2 aromatic heterocycles. The second kappa shape index (κ2) is 7.95. The molecule has 0 aliphatic heterocycles. The predicted octanol–water partition coefficient (Wildman–Crippen LogP) is 4.59. The average Bonchev–Trinajstić information content (AvgIpc) is 3.22. The summed E-state index contributed by atoms with van der Waals surface area (Å²) in [6.07, 6.45) is 0.317. The van der Waals surface area contributed by atoms with Crippen LogP contribution in [0.3, 0.4) is 0 Å². The molecule has 1 unspecified atom stereocenters. The summed E-state index contributed by atoms with van der Waals surface area (Å²) < 4.78 is 2.37. The fourth-order valence-corrected chi connectivity index (χ4v) is 3.65. The van der Waals surface area contributed by atoms with Crippen molar-refractivity contribution in [2.24, 2.45) is 0 Å². The highest BCUT2D eigenvalue weighted by Crippen LogP contribution is 2.23. The highest BCUT2D eigenvalue weighted by molar-refractivity contribution is 7.71. The van der Waals surface area contributed by atoms with Crippen LogP contribution in [0.4, 0.5) is 0 Å². The smallest absolute Gasteiger partial charge is 0.222 e. The third-order valence-electron chi connectivity index (χ3n) is 3.79. The molecular formula is C17H17ClN4OS2. The van der Waals surface area contributed by atoms with E-state index in [0.29, 0.717) is 22.8 Å². The Morgan fingerprint density at radius 3 is 3.00 bits per heavy atom. The first-order chi connectivity index (χ1) is 12.0. The van der Waals surface area contributed by atoms with Crippen LogP contribution in [0.15, 0.2) is 41.8 Å². The molecule has 0 bridgehead atoms. The van der Waals surface area contributed by atoms with Gasteiger partial charge in [-0.3, -0.25) is 14.5 Å². The molecule has 3 rings (SSSR count). The lowest BCUT2D eigenvalue weighted by molar-refractivity contribution is -0.121. The van der Waals surface area contributed by atoms with E-state index in [4.69, 9.17) is 23.8 Å². The largest absolute Gasteiger partial charge is 0.350 e. The summed E-state index contributed by atoms with van der Waals surface area (Å²) in [6.45, 7) is 2.40. The van der Waals surface area contributed by atoms with Crippen LogP contribution in [-0.2, 0) is 11.3 Å². The molecule has 3 aromatic rings. The van der Waals surface area contributed by atoms with E-state index in [-0.39, 0.29) is 11.9 Å². The van der Waals surface area contributed by atoms with Crippen molar-refractivity contribution < 1.29 is 4.79 Å². The SMILES string of the molecule is CC(NC(=O)CCn1c(-c2cccs2)n[nH]c1=S)c1cccc(Cl)c1. The number of hydrogen-bond acceptors (Lipinski definition) is 4. The molecule has 5 nitrogen and oxygen atoms in total. The average molecular weight is 393 g/mol. The number of carbonyl (C=O) groups is 1. The summed E-state index contributed by atoms with van der Waals surface area (Å²) in [4.78, 5) is 13.3. The lowest BCUT2D eigenvalue weighted by atomic mass is 10.1.